The lowest BCUT2D eigenvalue weighted by atomic mass is 10.3. The minimum atomic E-state index is -0.140. The first-order valence-electron chi connectivity index (χ1n) is 6.70. The van der Waals surface area contributed by atoms with E-state index in [1.165, 1.54) is 0 Å². The van der Waals surface area contributed by atoms with Gasteiger partial charge in [0.1, 0.15) is 5.75 Å². The Morgan fingerprint density at radius 3 is 2.52 bits per heavy atom. The molecule has 0 aliphatic carbocycles. The Kier molecular flexibility index (Phi) is 5.46. The third kappa shape index (κ3) is 4.68. The van der Waals surface area contributed by atoms with E-state index in [4.69, 9.17) is 16.3 Å². The molecule has 1 amide bonds. The molecule has 0 radical (unpaired) electrons. The highest BCUT2D eigenvalue weighted by molar-refractivity contribution is 6.33. The van der Waals surface area contributed by atoms with E-state index in [0.29, 0.717) is 11.6 Å². The molecule has 0 unspecified atom stereocenters. The number of anilines is 2. The van der Waals surface area contributed by atoms with Crippen molar-refractivity contribution in [2.45, 2.75) is 6.92 Å². The van der Waals surface area contributed by atoms with Crippen LogP contribution in [0.5, 0.6) is 5.75 Å². The SMILES string of the molecule is CCOc1ccc(NC(=O)CNc2ccccc2Cl)cc1. The molecule has 2 rings (SSSR count). The molecule has 0 saturated carbocycles. The summed E-state index contributed by atoms with van der Waals surface area (Å²) in [6.45, 7) is 2.69. The van der Waals surface area contributed by atoms with Crippen LogP contribution < -0.4 is 15.4 Å². The lowest BCUT2D eigenvalue weighted by molar-refractivity contribution is -0.114. The predicted octanol–water partition coefficient (Wildman–Crippen LogP) is 3.79. The highest BCUT2D eigenvalue weighted by Crippen LogP contribution is 2.20. The number of ether oxygens (including phenoxy) is 1. The molecule has 0 aliphatic heterocycles. The molecule has 0 fully saturated rings. The van der Waals surface area contributed by atoms with Crippen LogP contribution >= 0.6 is 11.6 Å². The Bertz CT molecular complexity index is 599. The summed E-state index contributed by atoms with van der Waals surface area (Å²) >= 11 is 6.01. The number of hydrogen-bond acceptors (Lipinski definition) is 3. The Morgan fingerprint density at radius 1 is 1.14 bits per heavy atom. The maximum atomic E-state index is 11.9. The number of hydrogen-bond donors (Lipinski definition) is 2. The monoisotopic (exact) mass is 304 g/mol. The van der Waals surface area contributed by atoms with Crippen LogP contribution in [0.1, 0.15) is 6.92 Å². The van der Waals surface area contributed by atoms with Gasteiger partial charge in [0.25, 0.3) is 0 Å². The van der Waals surface area contributed by atoms with Crippen LogP contribution in [0.15, 0.2) is 48.5 Å². The van der Waals surface area contributed by atoms with Gasteiger partial charge in [-0.1, -0.05) is 23.7 Å². The summed E-state index contributed by atoms with van der Waals surface area (Å²) in [6, 6.07) is 14.5. The first-order chi connectivity index (χ1) is 10.2. The average Bonchev–Trinajstić information content (AvgIpc) is 2.49. The zero-order valence-electron chi connectivity index (χ0n) is 11.7. The van der Waals surface area contributed by atoms with E-state index in [1.807, 2.05) is 37.3 Å². The molecule has 21 heavy (non-hydrogen) atoms. The van der Waals surface area contributed by atoms with E-state index in [0.717, 1.165) is 17.1 Å². The molecule has 4 nitrogen and oxygen atoms in total. The first-order valence-corrected chi connectivity index (χ1v) is 7.08. The summed E-state index contributed by atoms with van der Waals surface area (Å²) in [6.07, 6.45) is 0. The van der Waals surface area contributed by atoms with Gasteiger partial charge in [0.05, 0.1) is 23.9 Å². The van der Waals surface area contributed by atoms with Gasteiger partial charge in [-0.25, -0.2) is 0 Å². The van der Waals surface area contributed by atoms with Crippen LogP contribution in [-0.2, 0) is 4.79 Å². The van der Waals surface area contributed by atoms with Gasteiger partial charge in [-0.2, -0.15) is 0 Å². The van der Waals surface area contributed by atoms with Crippen molar-refractivity contribution in [2.24, 2.45) is 0 Å². The van der Waals surface area contributed by atoms with Gasteiger partial charge < -0.3 is 15.4 Å². The molecule has 5 heteroatoms. The van der Waals surface area contributed by atoms with Crippen LogP contribution in [0.2, 0.25) is 5.02 Å². The third-order valence-electron chi connectivity index (χ3n) is 2.76. The van der Waals surface area contributed by atoms with E-state index in [-0.39, 0.29) is 12.5 Å². The van der Waals surface area contributed by atoms with E-state index < -0.39 is 0 Å². The molecular weight excluding hydrogens is 288 g/mol. The van der Waals surface area contributed by atoms with Gasteiger partial charge >= 0.3 is 0 Å². The molecular formula is C16H17ClN2O2. The number of carbonyl (C=O) groups is 1. The van der Waals surface area contributed by atoms with E-state index in [2.05, 4.69) is 10.6 Å². The number of para-hydroxylation sites is 1. The number of halogens is 1. The molecule has 0 atom stereocenters. The Morgan fingerprint density at radius 2 is 1.86 bits per heavy atom. The Labute approximate surface area is 129 Å². The van der Waals surface area contributed by atoms with Gasteiger partial charge in [-0.15, -0.1) is 0 Å². The summed E-state index contributed by atoms with van der Waals surface area (Å²) in [5.41, 5.74) is 1.46. The van der Waals surface area contributed by atoms with Crippen molar-refractivity contribution in [1.82, 2.24) is 0 Å². The number of benzene rings is 2. The predicted molar refractivity (Wildman–Crippen MR) is 86.2 cm³/mol. The highest BCUT2D eigenvalue weighted by atomic mass is 35.5. The highest BCUT2D eigenvalue weighted by Gasteiger charge is 2.04. The van der Waals surface area contributed by atoms with Gasteiger partial charge in [-0.3, -0.25) is 4.79 Å². The maximum Gasteiger partial charge on any atom is 0.243 e. The second kappa shape index (κ2) is 7.55. The molecule has 0 aliphatic rings. The van der Waals surface area contributed by atoms with Gasteiger partial charge in [0.2, 0.25) is 5.91 Å². The molecule has 0 heterocycles. The maximum absolute atomic E-state index is 11.9. The van der Waals surface area contributed by atoms with Gasteiger partial charge in [0.15, 0.2) is 0 Å². The summed E-state index contributed by atoms with van der Waals surface area (Å²) < 4.78 is 5.34. The van der Waals surface area contributed by atoms with Crippen LogP contribution in [0.3, 0.4) is 0 Å². The number of nitrogens with one attached hydrogen (secondary N) is 2. The fraction of sp³-hybridized carbons (Fsp3) is 0.188. The molecule has 110 valence electrons. The van der Waals surface area contributed by atoms with Gasteiger partial charge in [-0.05, 0) is 43.3 Å². The fourth-order valence-electron chi connectivity index (χ4n) is 1.79. The van der Waals surface area contributed by atoms with Crippen molar-refractivity contribution in [2.75, 3.05) is 23.8 Å². The van der Waals surface area contributed by atoms with Gasteiger partial charge in [0, 0.05) is 5.69 Å². The fourth-order valence-corrected chi connectivity index (χ4v) is 1.99. The number of rotatable bonds is 6. The normalized spacial score (nSPS) is 10.0. The summed E-state index contributed by atoms with van der Waals surface area (Å²) in [5.74, 6) is 0.642. The second-order valence-electron chi connectivity index (χ2n) is 4.34. The van der Waals surface area contributed by atoms with Crippen molar-refractivity contribution in [3.8, 4) is 5.75 Å². The minimum Gasteiger partial charge on any atom is -0.494 e. The zero-order chi connectivity index (χ0) is 15.1. The van der Waals surface area contributed by atoms with Crippen LogP contribution in [0.25, 0.3) is 0 Å². The smallest absolute Gasteiger partial charge is 0.243 e. The topological polar surface area (TPSA) is 50.4 Å². The van der Waals surface area contributed by atoms with E-state index >= 15 is 0 Å². The molecule has 0 saturated heterocycles. The standard InChI is InChI=1S/C16H17ClN2O2/c1-2-21-13-9-7-12(8-10-13)19-16(20)11-18-15-6-4-3-5-14(15)17/h3-10,18H,2,11H2,1H3,(H,19,20). The number of amides is 1. The molecule has 2 aromatic rings. The van der Waals surface area contributed by atoms with Crippen molar-refractivity contribution < 1.29 is 9.53 Å². The molecule has 0 bridgehead atoms. The van der Waals surface area contributed by atoms with Crippen molar-refractivity contribution >= 4 is 28.9 Å². The first kappa shape index (κ1) is 15.2. The van der Waals surface area contributed by atoms with Crippen molar-refractivity contribution in [3.63, 3.8) is 0 Å². The van der Waals surface area contributed by atoms with Crippen molar-refractivity contribution in [1.29, 1.82) is 0 Å². The second-order valence-corrected chi connectivity index (χ2v) is 4.75. The average molecular weight is 305 g/mol. The van der Waals surface area contributed by atoms with Crippen LogP contribution in [0, 0.1) is 0 Å². The van der Waals surface area contributed by atoms with Crippen LogP contribution in [0.4, 0.5) is 11.4 Å². The molecule has 0 spiro atoms. The van der Waals surface area contributed by atoms with Crippen LogP contribution in [-0.4, -0.2) is 19.1 Å². The molecule has 0 aromatic heterocycles. The van der Waals surface area contributed by atoms with E-state index in [1.54, 1.807) is 18.2 Å². The van der Waals surface area contributed by atoms with E-state index in [9.17, 15) is 4.79 Å². The lowest BCUT2D eigenvalue weighted by Crippen LogP contribution is -2.21. The van der Waals surface area contributed by atoms with Crippen molar-refractivity contribution in [3.05, 3.63) is 53.6 Å². The third-order valence-corrected chi connectivity index (χ3v) is 3.09. The number of carbonyl (C=O) groups excluding carboxylic acids is 1. The largest absolute Gasteiger partial charge is 0.494 e. The lowest BCUT2D eigenvalue weighted by Gasteiger charge is -2.09. The Balaban J connectivity index is 1.85. The summed E-state index contributed by atoms with van der Waals surface area (Å²) in [7, 11) is 0. The zero-order valence-corrected chi connectivity index (χ0v) is 12.5. The molecule has 2 N–H and O–H groups in total. The summed E-state index contributed by atoms with van der Waals surface area (Å²) in [5, 5.41) is 6.39. The summed E-state index contributed by atoms with van der Waals surface area (Å²) in [4.78, 5) is 11.9. The minimum absolute atomic E-state index is 0.140. The Hall–Kier alpha value is -2.20. The molecule has 2 aromatic carbocycles. The quantitative estimate of drug-likeness (QED) is 0.853.